The van der Waals surface area contributed by atoms with Gasteiger partial charge in [0.05, 0.1) is 0 Å². The normalized spacial score (nSPS) is 22.9. The van der Waals surface area contributed by atoms with E-state index in [0.29, 0.717) is 0 Å². The summed E-state index contributed by atoms with van der Waals surface area (Å²) in [6.07, 6.45) is 0. The van der Waals surface area contributed by atoms with Crippen molar-refractivity contribution in [2.75, 3.05) is 7.05 Å². The average Bonchev–Trinajstić information content (AvgIpc) is 2.63. The molecule has 4 nitrogen and oxygen atoms in total. The van der Waals surface area contributed by atoms with Crippen LogP contribution < -0.4 is 5.32 Å². The summed E-state index contributed by atoms with van der Waals surface area (Å²) >= 11 is 0. The third-order valence-corrected chi connectivity index (χ3v) is 3.72. The summed E-state index contributed by atoms with van der Waals surface area (Å²) in [6, 6.07) is 13.3. The smallest absolute Gasteiger partial charge is 0.319 e. The Hall–Kier alpha value is -2.36. The topological polar surface area (TPSA) is 49.4 Å². The second-order valence-electron chi connectivity index (χ2n) is 4.95. The van der Waals surface area contributed by atoms with Gasteiger partial charge in [-0.2, -0.15) is 0 Å². The van der Waals surface area contributed by atoms with Crippen molar-refractivity contribution in [2.24, 2.45) is 0 Å². The molecule has 0 saturated carbocycles. The average molecular weight is 254 g/mol. The number of rotatable bonds is 1. The molecule has 1 fully saturated rings. The third kappa shape index (κ3) is 1.53. The van der Waals surface area contributed by atoms with Crippen LogP contribution in [0.15, 0.2) is 42.5 Å². The zero-order chi connectivity index (χ0) is 13.6. The van der Waals surface area contributed by atoms with E-state index in [0.717, 1.165) is 21.2 Å². The number of hydrogen-bond acceptors (Lipinski definition) is 2. The molecule has 0 aromatic heterocycles. The van der Waals surface area contributed by atoms with Gasteiger partial charge >= 0.3 is 6.03 Å². The van der Waals surface area contributed by atoms with Crippen LogP contribution in [-0.2, 0) is 10.3 Å². The molecule has 1 atom stereocenters. The maximum atomic E-state index is 12.3. The first-order valence-corrected chi connectivity index (χ1v) is 6.12. The molecule has 3 amide bonds. The molecule has 2 aromatic rings. The van der Waals surface area contributed by atoms with Crippen LogP contribution >= 0.6 is 0 Å². The predicted molar refractivity (Wildman–Crippen MR) is 72.6 cm³/mol. The number of benzene rings is 2. The largest absolute Gasteiger partial charge is 0.325 e. The van der Waals surface area contributed by atoms with Crippen molar-refractivity contribution < 1.29 is 9.59 Å². The van der Waals surface area contributed by atoms with Crippen LogP contribution in [-0.4, -0.2) is 23.9 Å². The van der Waals surface area contributed by atoms with E-state index in [-0.39, 0.29) is 11.9 Å². The van der Waals surface area contributed by atoms with Crippen molar-refractivity contribution in [3.63, 3.8) is 0 Å². The number of imide groups is 1. The van der Waals surface area contributed by atoms with Gasteiger partial charge in [-0.1, -0.05) is 42.5 Å². The quantitative estimate of drug-likeness (QED) is 0.793. The Kier molecular flexibility index (Phi) is 2.35. The van der Waals surface area contributed by atoms with Gasteiger partial charge in [0.15, 0.2) is 0 Å². The highest BCUT2D eigenvalue weighted by Crippen LogP contribution is 2.33. The number of amides is 3. The SMILES string of the molecule is CN1C(=O)N[C@](C)(c2cccc3ccccc23)C1=O. The molecule has 1 saturated heterocycles. The first kappa shape index (κ1) is 11.7. The van der Waals surface area contributed by atoms with Gasteiger partial charge in [0, 0.05) is 7.05 Å². The van der Waals surface area contributed by atoms with Gasteiger partial charge in [-0.15, -0.1) is 0 Å². The molecular weight excluding hydrogens is 240 g/mol. The van der Waals surface area contributed by atoms with Crippen LogP contribution in [0.2, 0.25) is 0 Å². The van der Waals surface area contributed by atoms with E-state index in [1.165, 1.54) is 7.05 Å². The highest BCUT2D eigenvalue weighted by molar-refractivity contribution is 6.08. The number of nitrogens with zero attached hydrogens (tertiary/aromatic N) is 1. The van der Waals surface area contributed by atoms with Crippen molar-refractivity contribution in [3.8, 4) is 0 Å². The molecule has 4 heteroatoms. The van der Waals surface area contributed by atoms with Crippen molar-refractivity contribution in [2.45, 2.75) is 12.5 Å². The lowest BCUT2D eigenvalue weighted by Crippen LogP contribution is -2.40. The molecule has 1 aliphatic heterocycles. The first-order valence-electron chi connectivity index (χ1n) is 6.12. The van der Waals surface area contributed by atoms with E-state index >= 15 is 0 Å². The fraction of sp³-hybridized carbons (Fsp3) is 0.200. The molecule has 3 rings (SSSR count). The lowest BCUT2D eigenvalue weighted by molar-refractivity contribution is -0.130. The highest BCUT2D eigenvalue weighted by atomic mass is 16.2. The number of fused-ring (bicyclic) bond motifs is 1. The molecule has 1 aliphatic rings. The summed E-state index contributed by atoms with van der Waals surface area (Å²) in [5.41, 5.74) is -0.166. The van der Waals surface area contributed by atoms with Gasteiger partial charge in [0.1, 0.15) is 5.54 Å². The zero-order valence-corrected chi connectivity index (χ0v) is 10.8. The molecule has 0 bridgehead atoms. The standard InChI is InChI=1S/C15H14N2O2/c1-15(13(18)17(2)14(19)16-15)12-9-5-7-10-6-3-4-8-11(10)12/h3-9H,1-2H3,(H,16,19)/t15-/m1/s1. The van der Waals surface area contributed by atoms with Gasteiger partial charge in [-0.25, -0.2) is 4.79 Å². The van der Waals surface area contributed by atoms with Gasteiger partial charge < -0.3 is 5.32 Å². The summed E-state index contributed by atoms with van der Waals surface area (Å²) in [6.45, 7) is 1.75. The molecule has 1 N–H and O–H groups in total. The summed E-state index contributed by atoms with van der Waals surface area (Å²) in [7, 11) is 1.49. The summed E-state index contributed by atoms with van der Waals surface area (Å²) in [5.74, 6) is -0.228. The Morgan fingerprint density at radius 3 is 2.42 bits per heavy atom. The second-order valence-corrected chi connectivity index (χ2v) is 4.95. The highest BCUT2D eigenvalue weighted by Gasteiger charge is 2.47. The van der Waals surface area contributed by atoms with Crippen molar-refractivity contribution >= 4 is 22.7 Å². The predicted octanol–water partition coefficient (Wildman–Crippen LogP) is 2.24. The third-order valence-electron chi connectivity index (χ3n) is 3.72. The van der Waals surface area contributed by atoms with Crippen LogP contribution in [0.25, 0.3) is 10.8 Å². The monoisotopic (exact) mass is 254 g/mol. The minimum atomic E-state index is -0.993. The fourth-order valence-electron chi connectivity index (χ4n) is 2.62. The van der Waals surface area contributed by atoms with E-state index < -0.39 is 5.54 Å². The van der Waals surface area contributed by atoms with E-state index in [4.69, 9.17) is 0 Å². The van der Waals surface area contributed by atoms with Crippen LogP contribution in [0.5, 0.6) is 0 Å². The van der Waals surface area contributed by atoms with Crippen molar-refractivity contribution in [1.29, 1.82) is 0 Å². The summed E-state index contributed by atoms with van der Waals surface area (Å²) in [4.78, 5) is 25.2. The molecule has 0 aliphatic carbocycles. The number of carbonyl (C=O) groups excluding carboxylic acids is 2. The number of hydrogen-bond donors (Lipinski definition) is 1. The molecule has 2 aromatic carbocycles. The lowest BCUT2D eigenvalue weighted by Gasteiger charge is -2.23. The number of likely N-dealkylation sites (N-methyl/N-ethyl adjacent to an activating group) is 1. The molecule has 0 spiro atoms. The van der Waals surface area contributed by atoms with E-state index in [1.807, 2.05) is 42.5 Å². The van der Waals surface area contributed by atoms with Crippen LogP contribution in [0, 0.1) is 0 Å². The van der Waals surface area contributed by atoms with Gasteiger partial charge in [0.2, 0.25) is 0 Å². The molecule has 96 valence electrons. The summed E-state index contributed by atoms with van der Waals surface area (Å²) in [5, 5.41) is 4.81. The number of carbonyl (C=O) groups is 2. The van der Waals surface area contributed by atoms with Gasteiger partial charge in [-0.05, 0) is 23.3 Å². The van der Waals surface area contributed by atoms with Crippen molar-refractivity contribution in [1.82, 2.24) is 10.2 Å². The minimum Gasteiger partial charge on any atom is -0.319 e. The van der Waals surface area contributed by atoms with Crippen LogP contribution in [0.3, 0.4) is 0 Å². The zero-order valence-electron chi connectivity index (χ0n) is 10.8. The molecular formula is C15H14N2O2. The van der Waals surface area contributed by atoms with E-state index in [2.05, 4.69) is 5.32 Å². The maximum absolute atomic E-state index is 12.3. The Balaban J connectivity index is 2.25. The second kappa shape index (κ2) is 3.82. The van der Waals surface area contributed by atoms with Gasteiger partial charge in [0.25, 0.3) is 5.91 Å². The Labute approximate surface area is 111 Å². The Morgan fingerprint density at radius 1 is 1.05 bits per heavy atom. The number of nitrogens with one attached hydrogen (secondary N) is 1. The van der Waals surface area contributed by atoms with Crippen LogP contribution in [0.4, 0.5) is 4.79 Å². The fourth-order valence-corrected chi connectivity index (χ4v) is 2.62. The molecule has 19 heavy (non-hydrogen) atoms. The Morgan fingerprint density at radius 2 is 1.74 bits per heavy atom. The van der Waals surface area contributed by atoms with Crippen LogP contribution in [0.1, 0.15) is 12.5 Å². The minimum absolute atomic E-state index is 0.228. The lowest BCUT2D eigenvalue weighted by atomic mass is 9.88. The Bertz CT molecular complexity index is 690. The molecule has 0 radical (unpaired) electrons. The molecule has 0 unspecified atom stereocenters. The van der Waals surface area contributed by atoms with Crippen molar-refractivity contribution in [3.05, 3.63) is 48.0 Å². The summed E-state index contributed by atoms with van der Waals surface area (Å²) < 4.78 is 0. The van der Waals surface area contributed by atoms with Gasteiger partial charge in [-0.3, -0.25) is 9.69 Å². The number of urea groups is 1. The van der Waals surface area contributed by atoms with E-state index in [9.17, 15) is 9.59 Å². The maximum Gasteiger partial charge on any atom is 0.325 e. The molecule has 1 heterocycles. The van der Waals surface area contributed by atoms with E-state index in [1.54, 1.807) is 6.92 Å². The first-order chi connectivity index (χ1) is 9.04.